The van der Waals surface area contributed by atoms with Gasteiger partial charge >= 0.3 is 0 Å². The van der Waals surface area contributed by atoms with Crippen molar-refractivity contribution < 1.29 is 18.0 Å². The van der Waals surface area contributed by atoms with Gasteiger partial charge in [-0.05, 0) is 30.9 Å². The Labute approximate surface area is 171 Å². The van der Waals surface area contributed by atoms with E-state index in [2.05, 4.69) is 20.6 Å². The maximum absolute atomic E-state index is 12.8. The number of nitrogens with zero attached hydrogens (tertiary/aromatic N) is 1. The molecule has 0 unspecified atom stereocenters. The van der Waals surface area contributed by atoms with E-state index >= 15 is 0 Å². The van der Waals surface area contributed by atoms with Crippen LogP contribution < -0.4 is 15.6 Å². The number of aliphatic imine (C=N–C) groups is 1. The van der Waals surface area contributed by atoms with E-state index in [1.807, 2.05) is 13.8 Å². The monoisotopic (exact) mass is 420 g/mol. The second kappa shape index (κ2) is 8.94. The summed E-state index contributed by atoms with van der Waals surface area (Å²) in [6, 6.07) is 5.68. The fourth-order valence-electron chi connectivity index (χ4n) is 3.70. The summed E-state index contributed by atoms with van der Waals surface area (Å²) in [5.41, 5.74) is 5.46. The Bertz CT molecular complexity index is 907. The first-order chi connectivity index (χ1) is 13.8. The Morgan fingerprint density at radius 2 is 1.86 bits per heavy atom. The van der Waals surface area contributed by atoms with Crippen LogP contribution in [0.3, 0.4) is 0 Å². The van der Waals surface area contributed by atoms with Gasteiger partial charge in [0, 0.05) is 11.5 Å². The van der Waals surface area contributed by atoms with Crippen molar-refractivity contribution in [3.8, 4) is 0 Å². The van der Waals surface area contributed by atoms with Crippen LogP contribution in [0.25, 0.3) is 0 Å². The molecule has 3 rings (SSSR count). The van der Waals surface area contributed by atoms with Gasteiger partial charge < -0.3 is 0 Å². The van der Waals surface area contributed by atoms with Crippen molar-refractivity contribution >= 4 is 27.7 Å². The summed E-state index contributed by atoms with van der Waals surface area (Å²) < 4.78 is 27.0. The first kappa shape index (κ1) is 21.3. The lowest BCUT2D eigenvalue weighted by Gasteiger charge is -2.23. The molecule has 2 atom stereocenters. The van der Waals surface area contributed by atoms with E-state index in [1.54, 1.807) is 18.2 Å². The second-order valence-electron chi connectivity index (χ2n) is 7.72. The molecule has 0 aromatic heterocycles. The molecule has 8 nitrogen and oxygen atoms in total. The molecular weight excluding hydrogens is 392 g/mol. The third-order valence-corrected chi connectivity index (χ3v) is 7.06. The molecule has 0 radical (unpaired) electrons. The van der Waals surface area contributed by atoms with Crippen LogP contribution in [0.1, 0.15) is 57.9 Å². The van der Waals surface area contributed by atoms with Crippen LogP contribution in [-0.2, 0) is 19.6 Å². The minimum absolute atomic E-state index is 0.0778. The van der Waals surface area contributed by atoms with E-state index in [0.717, 1.165) is 32.1 Å². The average Bonchev–Trinajstić information content (AvgIpc) is 3.00. The lowest BCUT2D eigenvalue weighted by atomic mass is 9.89. The van der Waals surface area contributed by atoms with Crippen molar-refractivity contribution in [2.75, 3.05) is 0 Å². The standard InChI is InChI=1S/C20H28N4O4S/c1-3-13(2)17(20(26)23-22-19(25)14-9-5-4-6-10-14)21-18-15-11-7-8-12-16(15)29(27,28)24-18/h7-8,11-14,17H,3-6,9-10H2,1-2H3,(H,21,24)(H,22,25)(H,23,26)/t13-,17-/m0/s1. The number of hydrogen-bond donors (Lipinski definition) is 3. The Morgan fingerprint density at radius 1 is 1.17 bits per heavy atom. The van der Waals surface area contributed by atoms with Crippen LogP contribution >= 0.6 is 0 Å². The Hall–Kier alpha value is -2.42. The van der Waals surface area contributed by atoms with E-state index in [0.29, 0.717) is 12.0 Å². The van der Waals surface area contributed by atoms with Gasteiger partial charge in [0.25, 0.3) is 15.9 Å². The fraction of sp³-hybridized carbons (Fsp3) is 0.550. The summed E-state index contributed by atoms with van der Waals surface area (Å²) in [5, 5.41) is 0. The van der Waals surface area contributed by atoms with Gasteiger partial charge in [-0.15, -0.1) is 0 Å². The van der Waals surface area contributed by atoms with Gasteiger partial charge in [-0.1, -0.05) is 51.7 Å². The molecule has 3 N–H and O–H groups in total. The van der Waals surface area contributed by atoms with E-state index in [1.165, 1.54) is 6.07 Å². The first-order valence-corrected chi connectivity index (χ1v) is 11.6. The summed E-state index contributed by atoms with van der Waals surface area (Å²) in [6.45, 7) is 3.80. The van der Waals surface area contributed by atoms with E-state index in [-0.39, 0.29) is 28.5 Å². The second-order valence-corrected chi connectivity index (χ2v) is 9.37. The van der Waals surface area contributed by atoms with Gasteiger partial charge in [-0.25, -0.2) is 8.42 Å². The topological polar surface area (TPSA) is 117 Å². The average molecular weight is 421 g/mol. The number of amidine groups is 1. The lowest BCUT2D eigenvalue weighted by molar-refractivity contribution is -0.132. The van der Waals surface area contributed by atoms with Crippen LogP contribution in [0, 0.1) is 11.8 Å². The fourth-order valence-corrected chi connectivity index (χ4v) is 4.94. The molecular formula is C20H28N4O4S. The van der Waals surface area contributed by atoms with E-state index in [9.17, 15) is 18.0 Å². The minimum Gasteiger partial charge on any atom is -0.273 e. The molecule has 1 saturated carbocycles. The summed E-state index contributed by atoms with van der Waals surface area (Å²) >= 11 is 0. The molecule has 2 amide bonds. The van der Waals surface area contributed by atoms with E-state index < -0.39 is 22.0 Å². The molecule has 1 fully saturated rings. The Morgan fingerprint density at radius 3 is 2.55 bits per heavy atom. The van der Waals surface area contributed by atoms with Gasteiger partial charge in [0.1, 0.15) is 11.9 Å². The maximum Gasteiger partial charge on any atom is 0.263 e. The van der Waals surface area contributed by atoms with Crippen LogP contribution in [0.4, 0.5) is 0 Å². The SMILES string of the molecule is CC[C@H](C)[C@H](N=C1NS(=O)(=O)c2ccccc21)C(=O)NNC(=O)C1CCCCC1. The van der Waals surface area contributed by atoms with Gasteiger partial charge in [0.2, 0.25) is 5.91 Å². The highest BCUT2D eigenvalue weighted by atomic mass is 32.2. The predicted octanol–water partition coefficient (Wildman–Crippen LogP) is 1.87. The van der Waals surface area contributed by atoms with Crippen LogP contribution in [0.2, 0.25) is 0 Å². The molecule has 2 aliphatic rings. The van der Waals surface area contributed by atoms with Gasteiger partial charge in [-0.3, -0.25) is 30.2 Å². The summed E-state index contributed by atoms with van der Waals surface area (Å²) in [4.78, 5) is 29.7. The Kier molecular flexibility index (Phi) is 6.56. The number of hydrazine groups is 1. The first-order valence-electron chi connectivity index (χ1n) is 10.1. The lowest BCUT2D eigenvalue weighted by Crippen LogP contribution is -2.50. The minimum atomic E-state index is -3.68. The summed E-state index contributed by atoms with van der Waals surface area (Å²) in [5.74, 6) is -0.711. The third kappa shape index (κ3) is 4.77. The van der Waals surface area contributed by atoms with Gasteiger partial charge in [0.15, 0.2) is 0 Å². The largest absolute Gasteiger partial charge is 0.273 e. The molecule has 1 heterocycles. The molecule has 1 aromatic carbocycles. The number of benzene rings is 1. The zero-order chi connectivity index (χ0) is 21.0. The maximum atomic E-state index is 12.8. The van der Waals surface area contributed by atoms with Crippen molar-refractivity contribution in [3.63, 3.8) is 0 Å². The van der Waals surface area contributed by atoms with E-state index in [4.69, 9.17) is 0 Å². The molecule has 9 heteroatoms. The molecule has 29 heavy (non-hydrogen) atoms. The highest BCUT2D eigenvalue weighted by Crippen LogP contribution is 2.25. The number of carbonyl (C=O) groups excluding carboxylic acids is 2. The molecule has 1 aliphatic carbocycles. The quantitative estimate of drug-likeness (QED) is 0.631. The molecule has 0 saturated heterocycles. The highest BCUT2D eigenvalue weighted by Gasteiger charge is 2.33. The number of fused-ring (bicyclic) bond motifs is 1. The van der Waals surface area contributed by atoms with Crippen molar-refractivity contribution in [1.82, 2.24) is 15.6 Å². The number of sulfonamides is 1. The third-order valence-electron chi connectivity index (χ3n) is 5.67. The number of rotatable bonds is 5. The predicted molar refractivity (Wildman–Crippen MR) is 109 cm³/mol. The van der Waals surface area contributed by atoms with Gasteiger partial charge in [0.05, 0.1) is 4.90 Å². The van der Waals surface area contributed by atoms with Crippen molar-refractivity contribution in [2.24, 2.45) is 16.8 Å². The molecule has 0 spiro atoms. The molecule has 1 aliphatic heterocycles. The highest BCUT2D eigenvalue weighted by molar-refractivity contribution is 7.90. The number of hydrogen-bond acceptors (Lipinski definition) is 5. The zero-order valence-electron chi connectivity index (χ0n) is 16.8. The normalized spacial score (nSPS) is 21.7. The molecule has 158 valence electrons. The van der Waals surface area contributed by atoms with Gasteiger partial charge in [-0.2, -0.15) is 0 Å². The number of carbonyl (C=O) groups is 2. The van der Waals surface area contributed by atoms with Crippen molar-refractivity contribution in [1.29, 1.82) is 0 Å². The summed E-state index contributed by atoms with van der Waals surface area (Å²) in [7, 11) is -3.68. The number of nitrogens with one attached hydrogen (secondary N) is 3. The molecule has 1 aromatic rings. The van der Waals surface area contributed by atoms with Crippen molar-refractivity contribution in [3.05, 3.63) is 29.8 Å². The smallest absolute Gasteiger partial charge is 0.263 e. The van der Waals surface area contributed by atoms with Crippen LogP contribution in [0.5, 0.6) is 0 Å². The summed E-state index contributed by atoms with van der Waals surface area (Å²) in [6.07, 6.45) is 5.51. The van der Waals surface area contributed by atoms with Crippen LogP contribution in [0.15, 0.2) is 34.2 Å². The van der Waals surface area contributed by atoms with Crippen molar-refractivity contribution in [2.45, 2.75) is 63.3 Å². The zero-order valence-corrected chi connectivity index (χ0v) is 17.6. The number of amides is 2. The molecule has 0 bridgehead atoms. The Balaban J connectivity index is 1.76. The van der Waals surface area contributed by atoms with Crippen LogP contribution in [-0.4, -0.2) is 32.1 Å².